The molecule has 124 valence electrons. The predicted octanol–water partition coefficient (Wildman–Crippen LogP) is 5.45. The molecule has 0 aliphatic carbocycles. The molecule has 2 aromatic heterocycles. The number of carbonyl (C=O) groups is 1. The summed E-state index contributed by atoms with van der Waals surface area (Å²) in [5.41, 5.74) is 3.16. The SMILES string of the molecule is CCc1cccc(Nc2nc3cc(C(=O)O)ccc3c3sccc23)c1. The van der Waals surface area contributed by atoms with Gasteiger partial charge in [-0.3, -0.25) is 0 Å². The van der Waals surface area contributed by atoms with Crippen molar-refractivity contribution in [1.29, 1.82) is 0 Å². The maximum Gasteiger partial charge on any atom is 0.335 e. The summed E-state index contributed by atoms with van der Waals surface area (Å²) >= 11 is 1.64. The molecule has 5 heteroatoms. The first-order valence-corrected chi connectivity index (χ1v) is 8.94. The standard InChI is InChI=1S/C20H16N2O2S/c1-2-12-4-3-5-14(10-12)21-19-16-8-9-25-18(16)15-7-6-13(20(23)24)11-17(15)22-19/h3-11H,2H2,1H3,(H,21,22)(H,23,24). The van der Waals surface area contributed by atoms with Gasteiger partial charge in [-0.15, -0.1) is 11.3 Å². The average Bonchev–Trinajstić information content (AvgIpc) is 3.12. The van der Waals surface area contributed by atoms with Gasteiger partial charge in [0.2, 0.25) is 0 Å². The zero-order valence-electron chi connectivity index (χ0n) is 13.6. The number of pyridine rings is 1. The fourth-order valence-electron chi connectivity index (χ4n) is 2.94. The molecule has 0 bridgehead atoms. The highest BCUT2D eigenvalue weighted by Gasteiger charge is 2.12. The molecule has 0 fully saturated rings. The summed E-state index contributed by atoms with van der Waals surface area (Å²) in [6, 6.07) is 15.4. The van der Waals surface area contributed by atoms with E-state index in [9.17, 15) is 9.90 Å². The largest absolute Gasteiger partial charge is 0.478 e. The fraction of sp³-hybridized carbons (Fsp3) is 0.100. The van der Waals surface area contributed by atoms with E-state index >= 15 is 0 Å². The minimum absolute atomic E-state index is 0.245. The molecule has 4 rings (SSSR count). The van der Waals surface area contributed by atoms with E-state index in [1.165, 1.54) is 5.56 Å². The molecule has 0 atom stereocenters. The van der Waals surface area contributed by atoms with Crippen molar-refractivity contribution in [1.82, 2.24) is 4.98 Å². The Hall–Kier alpha value is -2.92. The molecular formula is C20H16N2O2S. The van der Waals surface area contributed by atoms with E-state index in [1.807, 2.05) is 29.6 Å². The van der Waals surface area contributed by atoms with Gasteiger partial charge in [-0.05, 0) is 47.7 Å². The van der Waals surface area contributed by atoms with Crippen molar-refractivity contribution in [3.05, 3.63) is 65.0 Å². The summed E-state index contributed by atoms with van der Waals surface area (Å²) in [6.07, 6.45) is 0.969. The number of carboxylic acids is 1. The van der Waals surface area contributed by atoms with Crippen molar-refractivity contribution in [3.8, 4) is 0 Å². The number of nitrogens with zero attached hydrogens (tertiary/aromatic N) is 1. The minimum atomic E-state index is -0.944. The Labute approximate surface area is 148 Å². The molecule has 0 amide bonds. The molecule has 0 unspecified atom stereocenters. The van der Waals surface area contributed by atoms with Crippen LogP contribution in [0.5, 0.6) is 0 Å². The van der Waals surface area contributed by atoms with Crippen LogP contribution in [0.1, 0.15) is 22.8 Å². The van der Waals surface area contributed by atoms with Gasteiger partial charge in [-0.2, -0.15) is 0 Å². The van der Waals surface area contributed by atoms with Crippen LogP contribution in [-0.2, 0) is 6.42 Å². The third kappa shape index (κ3) is 2.83. The molecule has 0 saturated heterocycles. The van der Waals surface area contributed by atoms with E-state index in [1.54, 1.807) is 23.5 Å². The van der Waals surface area contributed by atoms with Crippen molar-refractivity contribution in [2.75, 3.05) is 5.32 Å². The fourth-order valence-corrected chi connectivity index (χ4v) is 3.87. The number of anilines is 2. The van der Waals surface area contributed by atoms with Crippen LogP contribution in [0, 0.1) is 0 Å². The van der Waals surface area contributed by atoms with Gasteiger partial charge in [0.05, 0.1) is 11.1 Å². The van der Waals surface area contributed by atoms with Crippen LogP contribution in [0.3, 0.4) is 0 Å². The first kappa shape index (κ1) is 15.6. The lowest BCUT2D eigenvalue weighted by molar-refractivity contribution is 0.0697. The minimum Gasteiger partial charge on any atom is -0.478 e. The van der Waals surface area contributed by atoms with Crippen molar-refractivity contribution in [2.24, 2.45) is 0 Å². The van der Waals surface area contributed by atoms with E-state index in [2.05, 4.69) is 24.4 Å². The Bertz CT molecular complexity index is 1100. The number of aryl methyl sites for hydroxylation is 1. The molecular weight excluding hydrogens is 332 g/mol. The first-order valence-electron chi connectivity index (χ1n) is 8.06. The Balaban J connectivity index is 1.88. The summed E-state index contributed by atoms with van der Waals surface area (Å²) in [6.45, 7) is 2.12. The molecule has 25 heavy (non-hydrogen) atoms. The van der Waals surface area contributed by atoms with Crippen molar-refractivity contribution in [3.63, 3.8) is 0 Å². The first-order chi connectivity index (χ1) is 12.2. The number of benzene rings is 2. The summed E-state index contributed by atoms with van der Waals surface area (Å²) in [5, 5.41) is 16.7. The number of aromatic carboxylic acids is 1. The van der Waals surface area contributed by atoms with Gasteiger partial charge in [0, 0.05) is 21.2 Å². The lowest BCUT2D eigenvalue weighted by atomic mass is 10.1. The number of hydrogen-bond acceptors (Lipinski definition) is 4. The molecule has 0 spiro atoms. The highest BCUT2D eigenvalue weighted by molar-refractivity contribution is 7.18. The van der Waals surface area contributed by atoms with Gasteiger partial charge in [-0.25, -0.2) is 9.78 Å². The Kier molecular flexibility index (Phi) is 3.86. The highest BCUT2D eigenvalue weighted by atomic mass is 32.1. The molecule has 0 radical (unpaired) electrons. The number of aromatic nitrogens is 1. The Morgan fingerprint density at radius 3 is 2.84 bits per heavy atom. The van der Waals surface area contributed by atoms with Gasteiger partial charge in [0.25, 0.3) is 0 Å². The van der Waals surface area contributed by atoms with E-state index in [4.69, 9.17) is 4.98 Å². The van der Waals surface area contributed by atoms with E-state index in [-0.39, 0.29) is 5.56 Å². The van der Waals surface area contributed by atoms with Crippen molar-refractivity contribution < 1.29 is 9.90 Å². The number of nitrogens with one attached hydrogen (secondary N) is 1. The third-order valence-electron chi connectivity index (χ3n) is 4.24. The van der Waals surface area contributed by atoms with Crippen LogP contribution in [0.2, 0.25) is 0 Å². The maximum atomic E-state index is 11.3. The second kappa shape index (κ2) is 6.18. The molecule has 0 aliphatic heterocycles. The van der Waals surface area contributed by atoms with Gasteiger partial charge in [-0.1, -0.05) is 25.1 Å². The summed E-state index contributed by atoms with van der Waals surface area (Å²) in [5.74, 6) is -0.195. The van der Waals surface area contributed by atoms with Crippen LogP contribution < -0.4 is 5.32 Å². The lowest BCUT2D eigenvalue weighted by Gasteiger charge is -2.10. The topological polar surface area (TPSA) is 62.2 Å². The quantitative estimate of drug-likeness (QED) is 0.514. The van der Waals surface area contributed by atoms with Crippen molar-refractivity contribution in [2.45, 2.75) is 13.3 Å². The summed E-state index contributed by atoms with van der Waals surface area (Å²) < 4.78 is 1.11. The molecule has 0 saturated carbocycles. The summed E-state index contributed by atoms with van der Waals surface area (Å²) in [4.78, 5) is 16.0. The number of fused-ring (bicyclic) bond motifs is 3. The van der Waals surface area contributed by atoms with Gasteiger partial charge < -0.3 is 10.4 Å². The van der Waals surface area contributed by atoms with Gasteiger partial charge in [0.15, 0.2) is 0 Å². The number of hydrogen-bond donors (Lipinski definition) is 2. The molecule has 4 aromatic rings. The average molecular weight is 348 g/mol. The van der Waals surface area contributed by atoms with E-state index < -0.39 is 5.97 Å². The second-order valence-electron chi connectivity index (χ2n) is 5.84. The zero-order valence-corrected chi connectivity index (χ0v) is 14.4. The van der Waals surface area contributed by atoms with Crippen LogP contribution in [0.4, 0.5) is 11.5 Å². The van der Waals surface area contributed by atoms with Crippen LogP contribution in [0.15, 0.2) is 53.9 Å². The smallest absolute Gasteiger partial charge is 0.335 e. The van der Waals surface area contributed by atoms with Gasteiger partial charge >= 0.3 is 5.97 Å². The second-order valence-corrected chi connectivity index (χ2v) is 6.76. The predicted molar refractivity (Wildman–Crippen MR) is 103 cm³/mol. The molecule has 0 aliphatic rings. The van der Waals surface area contributed by atoms with E-state index in [0.29, 0.717) is 5.52 Å². The highest BCUT2D eigenvalue weighted by Crippen LogP contribution is 2.35. The Morgan fingerprint density at radius 2 is 2.04 bits per heavy atom. The number of rotatable bonds is 4. The number of thiophene rings is 1. The zero-order chi connectivity index (χ0) is 17.4. The molecule has 2 heterocycles. The Morgan fingerprint density at radius 1 is 1.16 bits per heavy atom. The summed E-state index contributed by atoms with van der Waals surface area (Å²) in [7, 11) is 0. The maximum absolute atomic E-state index is 11.3. The molecule has 4 nitrogen and oxygen atoms in total. The van der Waals surface area contributed by atoms with Crippen LogP contribution >= 0.6 is 11.3 Å². The monoisotopic (exact) mass is 348 g/mol. The number of carboxylic acid groups (broad SMARTS) is 1. The molecule has 2 N–H and O–H groups in total. The van der Waals surface area contributed by atoms with E-state index in [0.717, 1.165) is 33.4 Å². The van der Waals surface area contributed by atoms with Crippen LogP contribution in [0.25, 0.3) is 21.0 Å². The molecule has 2 aromatic carbocycles. The van der Waals surface area contributed by atoms with Gasteiger partial charge in [0.1, 0.15) is 5.82 Å². The third-order valence-corrected chi connectivity index (χ3v) is 5.19. The van der Waals surface area contributed by atoms with Crippen molar-refractivity contribution >= 4 is 49.8 Å². The lowest BCUT2D eigenvalue weighted by Crippen LogP contribution is -1.98. The normalized spacial score (nSPS) is 11.1. The van der Waals surface area contributed by atoms with Crippen LogP contribution in [-0.4, -0.2) is 16.1 Å².